The largest absolute Gasteiger partial charge is 0.508 e. The van der Waals surface area contributed by atoms with Gasteiger partial charge in [-0.1, -0.05) is 61.5 Å². The summed E-state index contributed by atoms with van der Waals surface area (Å²) in [5, 5.41) is 13.1. The van der Waals surface area contributed by atoms with Gasteiger partial charge in [-0.15, -0.1) is 0 Å². The van der Waals surface area contributed by atoms with E-state index in [1.165, 1.54) is 17.3 Å². The molecule has 0 amide bonds. The van der Waals surface area contributed by atoms with Gasteiger partial charge in [-0.3, -0.25) is 0 Å². The van der Waals surface area contributed by atoms with E-state index in [0.29, 0.717) is 18.9 Å². The van der Waals surface area contributed by atoms with Gasteiger partial charge in [0.1, 0.15) is 18.1 Å². The highest BCUT2D eigenvalue weighted by Crippen LogP contribution is 2.39. The van der Waals surface area contributed by atoms with Crippen LogP contribution < -0.4 is 10.1 Å². The fraction of sp³-hybridized carbons (Fsp3) is 0.394. The van der Waals surface area contributed by atoms with Crippen molar-refractivity contribution in [1.29, 1.82) is 0 Å². The maximum absolute atomic E-state index is 12.9. The number of alkyl halides is 5. The van der Waals surface area contributed by atoms with E-state index in [9.17, 15) is 27.1 Å². The Labute approximate surface area is 249 Å². The lowest BCUT2D eigenvalue weighted by Crippen LogP contribution is -2.36. The van der Waals surface area contributed by atoms with Crippen LogP contribution in [-0.4, -0.2) is 48.4 Å². The van der Waals surface area contributed by atoms with Crippen molar-refractivity contribution in [3.05, 3.63) is 95.6 Å². The highest BCUT2D eigenvalue weighted by molar-refractivity contribution is 7.99. The van der Waals surface area contributed by atoms with Crippen molar-refractivity contribution < 1.29 is 31.8 Å². The molecule has 3 rings (SSSR count). The summed E-state index contributed by atoms with van der Waals surface area (Å²) in [5.74, 6) is -2.59. The first-order chi connectivity index (χ1) is 20.1. The molecule has 0 fully saturated rings. The molecule has 0 bridgehead atoms. The predicted octanol–water partition coefficient (Wildman–Crippen LogP) is 9.22. The Morgan fingerprint density at radius 2 is 1.38 bits per heavy atom. The Kier molecular flexibility index (Phi) is 13.2. The van der Waals surface area contributed by atoms with E-state index in [-0.39, 0.29) is 12.2 Å². The number of ether oxygens (including phenoxy) is 1. The van der Waals surface area contributed by atoms with Crippen molar-refractivity contribution in [3.63, 3.8) is 0 Å². The molecule has 3 nitrogen and oxygen atoms in total. The number of benzene rings is 3. The van der Waals surface area contributed by atoms with Crippen LogP contribution in [0, 0.1) is 0 Å². The van der Waals surface area contributed by atoms with Crippen molar-refractivity contribution in [2.45, 2.75) is 51.1 Å². The normalized spacial score (nSPS) is 12.7. The minimum absolute atomic E-state index is 0.158. The maximum atomic E-state index is 12.9. The van der Waals surface area contributed by atoms with Crippen LogP contribution in [0.3, 0.4) is 0 Å². The van der Waals surface area contributed by atoms with Crippen molar-refractivity contribution in [1.82, 2.24) is 5.32 Å². The van der Waals surface area contributed by atoms with Gasteiger partial charge < -0.3 is 15.2 Å². The molecule has 0 aliphatic carbocycles. The fourth-order valence-corrected chi connectivity index (χ4v) is 5.45. The summed E-state index contributed by atoms with van der Waals surface area (Å²) in [6.07, 6.45) is -4.20. The standard InChI is InChI=1S/C33H38F5NO2S/c1-2-30(25-9-4-3-5-10-25)31(26-11-15-28(40)16-12-26)27-13-17-29(18-14-27)41-22-21-39-20-6-7-23-42-24-8-19-32(34,35)33(36,37)38/h3-5,9-18,39-40H,2,6-8,19-24H2,1H3/b31-30+. The second-order valence-corrected chi connectivity index (χ2v) is 11.1. The van der Waals surface area contributed by atoms with E-state index in [4.69, 9.17) is 4.74 Å². The molecule has 42 heavy (non-hydrogen) atoms. The summed E-state index contributed by atoms with van der Waals surface area (Å²) in [5.41, 5.74) is 5.54. The number of allylic oxidation sites excluding steroid dienone is 1. The zero-order valence-electron chi connectivity index (χ0n) is 23.7. The van der Waals surface area contributed by atoms with Crippen LogP contribution in [0.1, 0.15) is 55.7 Å². The van der Waals surface area contributed by atoms with E-state index >= 15 is 0 Å². The highest BCUT2D eigenvalue weighted by Gasteiger charge is 2.56. The molecule has 0 heterocycles. The zero-order chi connectivity index (χ0) is 30.4. The lowest BCUT2D eigenvalue weighted by Gasteiger charge is -2.19. The van der Waals surface area contributed by atoms with Gasteiger partial charge in [0.15, 0.2) is 0 Å². The Balaban J connectivity index is 1.42. The van der Waals surface area contributed by atoms with E-state index in [1.54, 1.807) is 12.1 Å². The molecule has 0 aliphatic heterocycles. The van der Waals surface area contributed by atoms with Crippen molar-refractivity contribution in [2.24, 2.45) is 0 Å². The van der Waals surface area contributed by atoms with Crippen LogP contribution in [-0.2, 0) is 0 Å². The van der Waals surface area contributed by atoms with Crippen molar-refractivity contribution in [3.8, 4) is 11.5 Å². The third-order valence-corrected chi connectivity index (χ3v) is 7.87. The molecule has 0 spiro atoms. The molecule has 0 saturated heterocycles. The molecule has 0 aromatic heterocycles. The van der Waals surface area contributed by atoms with E-state index in [1.807, 2.05) is 54.6 Å². The number of nitrogens with one attached hydrogen (secondary N) is 1. The second-order valence-electron chi connectivity index (χ2n) is 9.87. The molecule has 2 N–H and O–H groups in total. The number of phenols is 1. The zero-order valence-corrected chi connectivity index (χ0v) is 24.5. The monoisotopic (exact) mass is 607 g/mol. The second kappa shape index (κ2) is 16.6. The summed E-state index contributed by atoms with van der Waals surface area (Å²) in [6, 6.07) is 25.5. The molecule has 0 saturated carbocycles. The van der Waals surface area contributed by atoms with Crippen LogP contribution in [0.15, 0.2) is 78.9 Å². The lowest BCUT2D eigenvalue weighted by molar-refractivity contribution is -0.284. The minimum atomic E-state index is -5.46. The molecular formula is C33H38F5NO2S. The number of hydrogen-bond donors (Lipinski definition) is 2. The first-order valence-corrected chi connectivity index (χ1v) is 15.3. The number of halogens is 5. The van der Waals surface area contributed by atoms with E-state index < -0.39 is 18.5 Å². The van der Waals surface area contributed by atoms with Crippen LogP contribution in [0.2, 0.25) is 0 Å². The van der Waals surface area contributed by atoms with Crippen LogP contribution in [0.25, 0.3) is 11.1 Å². The van der Waals surface area contributed by atoms with E-state index in [0.717, 1.165) is 59.6 Å². The molecule has 0 aliphatic rings. The summed E-state index contributed by atoms with van der Waals surface area (Å²) in [6.45, 7) is 4.06. The van der Waals surface area contributed by atoms with Gasteiger partial charge in [-0.2, -0.15) is 33.7 Å². The molecule has 3 aromatic carbocycles. The third kappa shape index (κ3) is 10.3. The van der Waals surface area contributed by atoms with Crippen LogP contribution in [0.5, 0.6) is 11.5 Å². The van der Waals surface area contributed by atoms with Crippen LogP contribution in [0.4, 0.5) is 22.0 Å². The number of rotatable bonds is 17. The van der Waals surface area contributed by atoms with Gasteiger partial charge in [0.05, 0.1) is 0 Å². The maximum Gasteiger partial charge on any atom is 0.453 e. The van der Waals surface area contributed by atoms with Gasteiger partial charge in [0, 0.05) is 13.0 Å². The summed E-state index contributed by atoms with van der Waals surface area (Å²) in [7, 11) is 0. The topological polar surface area (TPSA) is 41.5 Å². The summed E-state index contributed by atoms with van der Waals surface area (Å²) < 4.78 is 68.1. The number of hydrogen-bond acceptors (Lipinski definition) is 4. The highest BCUT2D eigenvalue weighted by atomic mass is 32.2. The SMILES string of the molecule is CC/C(=C(/c1ccc(O)cc1)c1ccc(OCCNCCCCSCCCC(F)(F)C(F)(F)F)cc1)c1ccccc1. The number of aromatic hydroxyl groups is 1. The molecule has 3 aromatic rings. The lowest BCUT2D eigenvalue weighted by atomic mass is 9.88. The van der Waals surface area contributed by atoms with Gasteiger partial charge >= 0.3 is 12.1 Å². The quantitative estimate of drug-likeness (QED) is 0.0912. The van der Waals surface area contributed by atoms with Gasteiger partial charge in [0.25, 0.3) is 0 Å². The first kappa shape index (κ1) is 33.5. The number of phenolic OH excluding ortho intramolecular Hbond substituents is 1. The Morgan fingerprint density at radius 1 is 0.762 bits per heavy atom. The van der Waals surface area contributed by atoms with Gasteiger partial charge in [0.2, 0.25) is 0 Å². The molecule has 9 heteroatoms. The molecule has 0 unspecified atom stereocenters. The average Bonchev–Trinajstić information content (AvgIpc) is 2.97. The predicted molar refractivity (Wildman–Crippen MR) is 162 cm³/mol. The Morgan fingerprint density at radius 3 is 2.00 bits per heavy atom. The molecule has 0 atom stereocenters. The van der Waals surface area contributed by atoms with Crippen molar-refractivity contribution in [2.75, 3.05) is 31.2 Å². The molecule has 0 radical (unpaired) electrons. The van der Waals surface area contributed by atoms with E-state index in [2.05, 4.69) is 24.4 Å². The summed E-state index contributed by atoms with van der Waals surface area (Å²) >= 11 is 1.41. The Hall–Kier alpha value is -3.04. The fourth-order valence-electron chi connectivity index (χ4n) is 4.49. The minimum Gasteiger partial charge on any atom is -0.508 e. The summed E-state index contributed by atoms with van der Waals surface area (Å²) in [4.78, 5) is 0. The van der Waals surface area contributed by atoms with Gasteiger partial charge in [-0.05, 0) is 95.8 Å². The van der Waals surface area contributed by atoms with Gasteiger partial charge in [-0.25, -0.2) is 0 Å². The smallest absolute Gasteiger partial charge is 0.453 e. The number of thioether (sulfide) groups is 1. The average molecular weight is 608 g/mol. The first-order valence-electron chi connectivity index (χ1n) is 14.2. The number of unbranched alkanes of at least 4 members (excludes halogenated alkanes) is 1. The third-order valence-electron chi connectivity index (χ3n) is 6.71. The molecular weight excluding hydrogens is 569 g/mol. The molecule has 228 valence electrons. The van der Waals surface area contributed by atoms with Crippen LogP contribution >= 0.6 is 11.8 Å². The van der Waals surface area contributed by atoms with Crippen molar-refractivity contribution >= 4 is 22.9 Å². The Bertz CT molecular complexity index is 1230.